The highest BCUT2D eigenvalue weighted by atomic mass is 32.1. The summed E-state index contributed by atoms with van der Waals surface area (Å²) >= 11 is 1.72. The fourth-order valence-corrected chi connectivity index (χ4v) is 4.64. The van der Waals surface area contributed by atoms with Crippen LogP contribution >= 0.6 is 11.3 Å². The van der Waals surface area contributed by atoms with Gasteiger partial charge in [0.05, 0.1) is 17.7 Å². The van der Waals surface area contributed by atoms with E-state index in [1.807, 2.05) is 5.38 Å². The number of nitrogens with one attached hydrogen (secondary N) is 1. The maximum atomic E-state index is 12.5. The SMILES string of the molecule is CC1CCc2c(C(=O)NC3CCCCC3O)csc2C1. The van der Waals surface area contributed by atoms with Crippen LogP contribution in [0.25, 0.3) is 0 Å². The minimum absolute atomic E-state index is 0.0167. The Hall–Kier alpha value is -0.870. The third-order valence-corrected chi connectivity index (χ3v) is 5.74. The molecule has 1 heterocycles. The van der Waals surface area contributed by atoms with E-state index in [0.717, 1.165) is 50.0 Å². The maximum absolute atomic E-state index is 12.5. The molecule has 2 N–H and O–H groups in total. The summed E-state index contributed by atoms with van der Waals surface area (Å²) in [6, 6.07) is -0.0608. The molecule has 4 heteroatoms. The first-order valence-corrected chi connectivity index (χ1v) is 8.61. The summed E-state index contributed by atoms with van der Waals surface area (Å²) in [5.41, 5.74) is 2.12. The van der Waals surface area contributed by atoms with E-state index in [1.54, 1.807) is 11.3 Å². The summed E-state index contributed by atoms with van der Waals surface area (Å²) in [5, 5.41) is 15.0. The second kappa shape index (κ2) is 5.86. The Balaban J connectivity index is 1.71. The highest BCUT2D eigenvalue weighted by molar-refractivity contribution is 7.10. The Morgan fingerprint density at radius 1 is 1.35 bits per heavy atom. The lowest BCUT2D eigenvalue weighted by molar-refractivity contribution is 0.0716. The van der Waals surface area contributed by atoms with E-state index in [0.29, 0.717) is 0 Å². The minimum Gasteiger partial charge on any atom is -0.391 e. The first kappa shape index (κ1) is 14.1. The first-order valence-electron chi connectivity index (χ1n) is 7.73. The van der Waals surface area contributed by atoms with Gasteiger partial charge in [-0.15, -0.1) is 11.3 Å². The number of hydrogen-bond acceptors (Lipinski definition) is 3. The van der Waals surface area contributed by atoms with Crippen LogP contribution in [-0.2, 0) is 12.8 Å². The quantitative estimate of drug-likeness (QED) is 0.881. The number of hydrogen-bond donors (Lipinski definition) is 2. The number of aliphatic hydroxyl groups is 1. The van der Waals surface area contributed by atoms with Crippen molar-refractivity contribution in [1.82, 2.24) is 5.32 Å². The van der Waals surface area contributed by atoms with Gasteiger partial charge in [0.15, 0.2) is 0 Å². The van der Waals surface area contributed by atoms with Crippen molar-refractivity contribution in [2.45, 2.75) is 64.0 Å². The van der Waals surface area contributed by atoms with Gasteiger partial charge in [-0.3, -0.25) is 4.79 Å². The smallest absolute Gasteiger partial charge is 0.252 e. The number of aliphatic hydroxyl groups excluding tert-OH is 1. The van der Waals surface area contributed by atoms with Crippen LogP contribution in [0.5, 0.6) is 0 Å². The molecular formula is C16H23NO2S. The van der Waals surface area contributed by atoms with Crippen molar-refractivity contribution >= 4 is 17.2 Å². The molecule has 1 amide bonds. The number of rotatable bonds is 2. The molecule has 3 atom stereocenters. The van der Waals surface area contributed by atoms with Crippen molar-refractivity contribution in [3.63, 3.8) is 0 Å². The fourth-order valence-electron chi connectivity index (χ4n) is 3.39. The molecule has 0 saturated heterocycles. The monoisotopic (exact) mass is 293 g/mol. The first-order chi connectivity index (χ1) is 9.65. The average molecular weight is 293 g/mol. The predicted molar refractivity (Wildman–Crippen MR) is 81.2 cm³/mol. The molecule has 0 radical (unpaired) electrons. The Bertz CT molecular complexity index is 497. The van der Waals surface area contributed by atoms with E-state index < -0.39 is 0 Å². The number of carbonyl (C=O) groups is 1. The van der Waals surface area contributed by atoms with Crippen LogP contribution in [0, 0.1) is 5.92 Å². The lowest BCUT2D eigenvalue weighted by Crippen LogP contribution is -2.45. The molecule has 0 aromatic carbocycles. The van der Waals surface area contributed by atoms with Crippen molar-refractivity contribution in [2.75, 3.05) is 0 Å². The van der Waals surface area contributed by atoms with E-state index in [1.165, 1.54) is 16.9 Å². The van der Waals surface area contributed by atoms with Gasteiger partial charge in [-0.05, 0) is 43.6 Å². The second-order valence-electron chi connectivity index (χ2n) is 6.33. The molecule has 0 bridgehead atoms. The average Bonchev–Trinajstić information content (AvgIpc) is 2.84. The van der Waals surface area contributed by atoms with Gasteiger partial charge in [0, 0.05) is 10.3 Å². The summed E-state index contributed by atoms with van der Waals surface area (Å²) in [6.07, 6.45) is 6.81. The van der Waals surface area contributed by atoms with E-state index in [2.05, 4.69) is 12.2 Å². The van der Waals surface area contributed by atoms with Gasteiger partial charge in [0.25, 0.3) is 5.91 Å². The van der Waals surface area contributed by atoms with Gasteiger partial charge in [-0.2, -0.15) is 0 Å². The van der Waals surface area contributed by atoms with E-state index >= 15 is 0 Å². The number of carbonyl (C=O) groups excluding carboxylic acids is 1. The third-order valence-electron chi connectivity index (χ3n) is 4.69. The zero-order valence-electron chi connectivity index (χ0n) is 12.0. The molecule has 2 aliphatic rings. The van der Waals surface area contributed by atoms with E-state index in [9.17, 15) is 9.90 Å². The Morgan fingerprint density at radius 2 is 2.15 bits per heavy atom. The van der Waals surface area contributed by atoms with Crippen molar-refractivity contribution in [3.05, 3.63) is 21.4 Å². The molecule has 1 fully saturated rings. The fraction of sp³-hybridized carbons (Fsp3) is 0.688. The molecule has 1 aromatic heterocycles. The second-order valence-corrected chi connectivity index (χ2v) is 7.30. The standard InChI is InChI=1S/C16H23NO2S/c1-10-6-7-11-12(9-20-15(11)8-10)16(19)17-13-4-2-3-5-14(13)18/h9-10,13-14,18H,2-8H2,1H3,(H,17,19). The van der Waals surface area contributed by atoms with Crippen molar-refractivity contribution in [1.29, 1.82) is 0 Å². The molecular weight excluding hydrogens is 270 g/mol. The van der Waals surface area contributed by atoms with Crippen LogP contribution < -0.4 is 5.32 Å². The Kier molecular flexibility index (Phi) is 4.13. The Labute approximate surface area is 124 Å². The van der Waals surface area contributed by atoms with E-state index in [4.69, 9.17) is 0 Å². The van der Waals surface area contributed by atoms with Crippen LogP contribution in [0.2, 0.25) is 0 Å². The highest BCUT2D eigenvalue weighted by Crippen LogP contribution is 2.33. The van der Waals surface area contributed by atoms with Crippen molar-refractivity contribution < 1.29 is 9.90 Å². The zero-order chi connectivity index (χ0) is 14.1. The highest BCUT2D eigenvalue weighted by Gasteiger charge is 2.28. The van der Waals surface area contributed by atoms with Crippen molar-refractivity contribution in [2.24, 2.45) is 5.92 Å². The van der Waals surface area contributed by atoms with Gasteiger partial charge < -0.3 is 10.4 Å². The van der Waals surface area contributed by atoms with Gasteiger partial charge in [0.2, 0.25) is 0 Å². The molecule has 0 aliphatic heterocycles. The van der Waals surface area contributed by atoms with Crippen LogP contribution in [0.3, 0.4) is 0 Å². The normalized spacial score (nSPS) is 29.8. The molecule has 1 saturated carbocycles. The number of thiophene rings is 1. The molecule has 0 spiro atoms. The topological polar surface area (TPSA) is 49.3 Å². The Morgan fingerprint density at radius 3 is 2.95 bits per heavy atom. The third kappa shape index (κ3) is 2.77. The van der Waals surface area contributed by atoms with Gasteiger partial charge in [-0.1, -0.05) is 19.8 Å². The van der Waals surface area contributed by atoms with Crippen LogP contribution in [0.1, 0.15) is 59.8 Å². The summed E-state index contributed by atoms with van der Waals surface area (Å²) in [4.78, 5) is 13.8. The largest absolute Gasteiger partial charge is 0.391 e. The number of amides is 1. The van der Waals surface area contributed by atoms with Gasteiger partial charge in [-0.25, -0.2) is 0 Å². The van der Waals surface area contributed by atoms with E-state index in [-0.39, 0.29) is 18.1 Å². The van der Waals surface area contributed by atoms with Crippen LogP contribution in [0.4, 0.5) is 0 Å². The summed E-state index contributed by atoms with van der Waals surface area (Å²) in [6.45, 7) is 2.28. The minimum atomic E-state index is -0.373. The molecule has 110 valence electrons. The van der Waals surface area contributed by atoms with Crippen LogP contribution in [0.15, 0.2) is 5.38 Å². The molecule has 2 aliphatic carbocycles. The number of fused-ring (bicyclic) bond motifs is 1. The molecule has 3 rings (SSSR count). The van der Waals surface area contributed by atoms with Crippen molar-refractivity contribution in [3.8, 4) is 0 Å². The molecule has 20 heavy (non-hydrogen) atoms. The van der Waals surface area contributed by atoms with Crippen LogP contribution in [-0.4, -0.2) is 23.2 Å². The molecule has 1 aromatic rings. The zero-order valence-corrected chi connectivity index (χ0v) is 12.8. The summed E-state index contributed by atoms with van der Waals surface area (Å²) < 4.78 is 0. The molecule has 3 nitrogen and oxygen atoms in total. The lowest BCUT2D eigenvalue weighted by Gasteiger charge is -2.28. The summed E-state index contributed by atoms with van der Waals surface area (Å²) in [7, 11) is 0. The lowest BCUT2D eigenvalue weighted by atomic mass is 9.88. The summed E-state index contributed by atoms with van der Waals surface area (Å²) in [5.74, 6) is 0.750. The van der Waals surface area contributed by atoms with Gasteiger partial charge in [0.1, 0.15) is 0 Å². The van der Waals surface area contributed by atoms with Gasteiger partial charge >= 0.3 is 0 Å². The molecule has 3 unspecified atom stereocenters. The predicted octanol–water partition coefficient (Wildman–Crippen LogP) is 2.91. The maximum Gasteiger partial charge on any atom is 0.252 e.